The fourth-order valence-electron chi connectivity index (χ4n) is 1.88. The van der Waals surface area contributed by atoms with E-state index >= 15 is 0 Å². The maximum Gasteiger partial charge on any atom is 0.272 e. The third kappa shape index (κ3) is 2.74. The molecule has 2 rings (SSSR count). The summed E-state index contributed by atoms with van der Waals surface area (Å²) < 4.78 is 5.53. The number of pyridine rings is 1. The number of hydrogen-bond donors (Lipinski definition) is 1. The molecule has 1 aromatic rings. The van der Waals surface area contributed by atoms with Gasteiger partial charge in [-0.25, -0.2) is 4.98 Å². The van der Waals surface area contributed by atoms with Gasteiger partial charge in [-0.2, -0.15) is 0 Å². The van der Waals surface area contributed by atoms with Gasteiger partial charge < -0.3 is 15.4 Å². The summed E-state index contributed by atoms with van der Waals surface area (Å²) in [6.45, 7) is 3.89. The molecule has 17 heavy (non-hydrogen) atoms. The van der Waals surface area contributed by atoms with E-state index in [-0.39, 0.29) is 12.0 Å². The topological polar surface area (TPSA) is 68.5 Å². The van der Waals surface area contributed by atoms with Gasteiger partial charge in [-0.15, -0.1) is 0 Å². The lowest BCUT2D eigenvalue weighted by Crippen LogP contribution is -2.45. The third-order valence-electron chi connectivity index (χ3n) is 2.87. The van der Waals surface area contributed by atoms with E-state index in [1.807, 2.05) is 0 Å². The van der Waals surface area contributed by atoms with Crippen molar-refractivity contribution in [2.24, 2.45) is 0 Å². The molecule has 0 aliphatic carbocycles. The Bertz CT molecular complexity index is 408. The van der Waals surface area contributed by atoms with Crippen LogP contribution in [0.3, 0.4) is 0 Å². The van der Waals surface area contributed by atoms with E-state index in [1.54, 1.807) is 23.1 Å². The number of carbonyl (C=O) groups excluding carboxylic acids is 1. The average Bonchev–Trinajstić information content (AvgIpc) is 2.38. The fraction of sp³-hybridized carbons (Fsp3) is 0.500. The van der Waals surface area contributed by atoms with E-state index in [0.29, 0.717) is 31.2 Å². The van der Waals surface area contributed by atoms with Crippen LogP contribution >= 0.6 is 0 Å². The summed E-state index contributed by atoms with van der Waals surface area (Å²) in [5.41, 5.74) is 5.98. The van der Waals surface area contributed by atoms with Crippen molar-refractivity contribution in [2.75, 3.05) is 25.4 Å². The van der Waals surface area contributed by atoms with Gasteiger partial charge in [-0.1, -0.05) is 13.0 Å². The number of nitrogen functional groups attached to an aromatic ring is 1. The number of nitrogens with zero attached hydrogens (tertiary/aromatic N) is 2. The summed E-state index contributed by atoms with van der Waals surface area (Å²) in [6.07, 6.45) is 1.04. The summed E-state index contributed by atoms with van der Waals surface area (Å²) >= 11 is 0. The summed E-state index contributed by atoms with van der Waals surface area (Å²) in [6, 6.07) is 5.10. The van der Waals surface area contributed by atoms with Crippen LogP contribution in [-0.4, -0.2) is 41.6 Å². The largest absolute Gasteiger partial charge is 0.384 e. The van der Waals surface area contributed by atoms with Crippen molar-refractivity contribution in [3.8, 4) is 0 Å². The molecule has 1 fully saturated rings. The molecule has 0 bridgehead atoms. The molecule has 1 saturated heterocycles. The highest BCUT2D eigenvalue weighted by molar-refractivity contribution is 5.92. The molecule has 2 N–H and O–H groups in total. The highest BCUT2D eigenvalue weighted by Crippen LogP contribution is 2.12. The maximum absolute atomic E-state index is 12.2. The van der Waals surface area contributed by atoms with Crippen molar-refractivity contribution in [3.05, 3.63) is 23.9 Å². The van der Waals surface area contributed by atoms with Gasteiger partial charge in [-0.05, 0) is 18.6 Å². The lowest BCUT2D eigenvalue weighted by Gasteiger charge is -2.32. The van der Waals surface area contributed by atoms with E-state index in [4.69, 9.17) is 10.5 Å². The van der Waals surface area contributed by atoms with Crippen molar-refractivity contribution in [1.82, 2.24) is 9.88 Å². The van der Waals surface area contributed by atoms with Gasteiger partial charge in [0.2, 0.25) is 0 Å². The van der Waals surface area contributed by atoms with Gasteiger partial charge in [0.05, 0.1) is 12.7 Å². The molecule has 0 aromatic carbocycles. The summed E-state index contributed by atoms with van der Waals surface area (Å²) in [5, 5.41) is 0. The highest BCUT2D eigenvalue weighted by atomic mass is 16.5. The number of carbonyl (C=O) groups is 1. The van der Waals surface area contributed by atoms with E-state index < -0.39 is 0 Å². The molecule has 2 heterocycles. The molecule has 0 spiro atoms. The second-order valence-corrected chi connectivity index (χ2v) is 4.10. The van der Waals surface area contributed by atoms with E-state index in [9.17, 15) is 4.79 Å². The number of hydrogen-bond acceptors (Lipinski definition) is 4. The van der Waals surface area contributed by atoms with Crippen LogP contribution in [0.1, 0.15) is 23.8 Å². The number of nitrogens with two attached hydrogens (primary N) is 1. The Morgan fingerprint density at radius 3 is 3.18 bits per heavy atom. The first-order valence-electron chi connectivity index (χ1n) is 5.84. The first-order valence-corrected chi connectivity index (χ1v) is 5.84. The Labute approximate surface area is 101 Å². The Morgan fingerprint density at radius 1 is 1.65 bits per heavy atom. The van der Waals surface area contributed by atoms with Crippen molar-refractivity contribution < 1.29 is 9.53 Å². The fourth-order valence-corrected chi connectivity index (χ4v) is 1.88. The summed E-state index contributed by atoms with van der Waals surface area (Å²) in [5.74, 6) is 0.301. The van der Waals surface area contributed by atoms with Gasteiger partial charge in [-0.3, -0.25) is 4.79 Å². The van der Waals surface area contributed by atoms with Gasteiger partial charge in [0.25, 0.3) is 5.91 Å². The zero-order valence-electron chi connectivity index (χ0n) is 9.93. The number of morpholine rings is 1. The maximum atomic E-state index is 12.2. The molecule has 5 heteroatoms. The molecule has 0 unspecified atom stereocenters. The standard InChI is InChI=1S/C12H17N3O2/c1-2-9-8-15(6-7-17-9)12(16)10-4-3-5-11(13)14-10/h3-5,9H,2,6-8H2,1H3,(H2,13,14)/t9-/m1/s1. The van der Waals surface area contributed by atoms with Crippen LogP contribution in [0.4, 0.5) is 5.82 Å². The van der Waals surface area contributed by atoms with Gasteiger partial charge in [0.1, 0.15) is 11.5 Å². The van der Waals surface area contributed by atoms with Crippen LogP contribution in [0.2, 0.25) is 0 Å². The minimum atomic E-state index is -0.0703. The molecule has 92 valence electrons. The zero-order chi connectivity index (χ0) is 12.3. The van der Waals surface area contributed by atoms with Crippen LogP contribution in [0, 0.1) is 0 Å². The molecule has 1 aliphatic rings. The number of anilines is 1. The molecule has 5 nitrogen and oxygen atoms in total. The van der Waals surface area contributed by atoms with Crippen molar-refractivity contribution >= 4 is 11.7 Å². The van der Waals surface area contributed by atoms with Crippen LogP contribution in [0.25, 0.3) is 0 Å². The lowest BCUT2D eigenvalue weighted by molar-refractivity contribution is -0.0228. The van der Waals surface area contributed by atoms with Gasteiger partial charge in [0, 0.05) is 13.1 Å². The van der Waals surface area contributed by atoms with E-state index in [1.165, 1.54) is 0 Å². The normalized spacial score (nSPS) is 20.3. The smallest absolute Gasteiger partial charge is 0.272 e. The molecule has 0 radical (unpaired) electrons. The van der Waals surface area contributed by atoms with E-state index in [2.05, 4.69) is 11.9 Å². The lowest BCUT2D eigenvalue weighted by atomic mass is 10.2. The van der Waals surface area contributed by atoms with Crippen LogP contribution < -0.4 is 5.73 Å². The summed E-state index contributed by atoms with van der Waals surface area (Å²) in [4.78, 5) is 18.0. The first kappa shape index (κ1) is 11.9. The Balaban J connectivity index is 2.09. The minimum Gasteiger partial charge on any atom is -0.384 e. The number of rotatable bonds is 2. The Hall–Kier alpha value is -1.62. The number of amides is 1. The number of aromatic nitrogens is 1. The second kappa shape index (κ2) is 5.14. The predicted octanol–water partition coefficient (Wildman–Crippen LogP) is 0.915. The minimum absolute atomic E-state index is 0.0703. The monoisotopic (exact) mass is 235 g/mol. The summed E-state index contributed by atoms with van der Waals surface area (Å²) in [7, 11) is 0. The predicted molar refractivity (Wildman–Crippen MR) is 64.6 cm³/mol. The van der Waals surface area contributed by atoms with E-state index in [0.717, 1.165) is 6.42 Å². The highest BCUT2D eigenvalue weighted by Gasteiger charge is 2.24. The van der Waals surface area contributed by atoms with Crippen molar-refractivity contribution in [3.63, 3.8) is 0 Å². The van der Waals surface area contributed by atoms with Crippen LogP contribution in [-0.2, 0) is 4.74 Å². The molecular weight excluding hydrogens is 218 g/mol. The molecular formula is C12H17N3O2. The van der Waals surface area contributed by atoms with Gasteiger partial charge >= 0.3 is 0 Å². The quantitative estimate of drug-likeness (QED) is 0.827. The average molecular weight is 235 g/mol. The molecule has 1 atom stereocenters. The zero-order valence-corrected chi connectivity index (χ0v) is 9.93. The first-order chi connectivity index (χ1) is 8.20. The van der Waals surface area contributed by atoms with Gasteiger partial charge in [0.15, 0.2) is 0 Å². The molecule has 1 aromatic heterocycles. The molecule has 0 saturated carbocycles. The second-order valence-electron chi connectivity index (χ2n) is 4.10. The Kier molecular flexibility index (Phi) is 3.58. The van der Waals surface area contributed by atoms with Crippen LogP contribution in [0.15, 0.2) is 18.2 Å². The molecule has 1 aliphatic heterocycles. The Morgan fingerprint density at radius 2 is 2.47 bits per heavy atom. The molecule has 1 amide bonds. The number of ether oxygens (including phenoxy) is 1. The van der Waals surface area contributed by atoms with Crippen molar-refractivity contribution in [2.45, 2.75) is 19.4 Å². The van der Waals surface area contributed by atoms with Crippen molar-refractivity contribution in [1.29, 1.82) is 0 Å². The SMILES string of the molecule is CC[C@@H]1CN(C(=O)c2cccc(N)n2)CCO1. The van der Waals surface area contributed by atoms with Crippen LogP contribution in [0.5, 0.6) is 0 Å². The third-order valence-corrected chi connectivity index (χ3v) is 2.87.